The molecule has 0 amide bonds. The Morgan fingerprint density at radius 2 is 2.25 bits per heavy atom. The number of thioether (sulfide) groups is 1. The molecule has 1 aromatic rings. The van der Waals surface area contributed by atoms with Crippen LogP contribution >= 0.6 is 11.8 Å². The summed E-state index contributed by atoms with van der Waals surface area (Å²) >= 11 is 1.50. The highest BCUT2D eigenvalue weighted by Gasteiger charge is 2.11. The van der Waals surface area contributed by atoms with Crippen LogP contribution in [0.2, 0.25) is 0 Å². The number of aliphatic hydroxyl groups is 1. The molecule has 4 heteroatoms. The Balaban J connectivity index is 2.84. The van der Waals surface area contributed by atoms with Gasteiger partial charge in [0.25, 0.3) is 0 Å². The number of rotatable bonds is 6. The molecule has 0 bridgehead atoms. The summed E-state index contributed by atoms with van der Waals surface area (Å²) in [5.41, 5.74) is 0.689. The van der Waals surface area contributed by atoms with E-state index in [4.69, 9.17) is 5.11 Å². The summed E-state index contributed by atoms with van der Waals surface area (Å²) < 4.78 is 13.6. The number of hydrogen-bond acceptors (Lipinski definition) is 3. The minimum atomic E-state index is -0.184. The monoisotopic (exact) mass is 243 g/mol. The zero-order valence-corrected chi connectivity index (χ0v) is 10.5. The van der Waals surface area contributed by atoms with E-state index in [1.54, 1.807) is 6.07 Å². The topological polar surface area (TPSA) is 32.3 Å². The van der Waals surface area contributed by atoms with Gasteiger partial charge in [0.15, 0.2) is 0 Å². The predicted octanol–water partition coefficient (Wildman–Crippen LogP) is 2.41. The van der Waals surface area contributed by atoms with E-state index in [0.29, 0.717) is 12.1 Å². The quantitative estimate of drug-likeness (QED) is 0.753. The van der Waals surface area contributed by atoms with Gasteiger partial charge in [-0.1, -0.05) is 19.9 Å². The fourth-order valence-electron chi connectivity index (χ4n) is 1.32. The van der Waals surface area contributed by atoms with Crippen LogP contribution in [0.25, 0.3) is 0 Å². The van der Waals surface area contributed by atoms with Gasteiger partial charge in [0.05, 0.1) is 6.61 Å². The average molecular weight is 243 g/mol. The van der Waals surface area contributed by atoms with E-state index in [0.717, 1.165) is 11.4 Å². The van der Waals surface area contributed by atoms with Crippen LogP contribution in [0.4, 0.5) is 4.39 Å². The van der Waals surface area contributed by atoms with Crippen LogP contribution in [0.1, 0.15) is 19.4 Å². The third kappa shape index (κ3) is 3.77. The van der Waals surface area contributed by atoms with Gasteiger partial charge in [-0.05, 0) is 18.7 Å². The molecular weight excluding hydrogens is 225 g/mol. The molecule has 2 N–H and O–H groups in total. The van der Waals surface area contributed by atoms with E-state index in [-0.39, 0.29) is 17.7 Å². The van der Waals surface area contributed by atoms with Gasteiger partial charge in [0.1, 0.15) is 5.82 Å². The van der Waals surface area contributed by atoms with Gasteiger partial charge >= 0.3 is 0 Å². The molecule has 16 heavy (non-hydrogen) atoms. The van der Waals surface area contributed by atoms with Crippen LogP contribution in [-0.2, 0) is 6.54 Å². The second-order valence-electron chi connectivity index (χ2n) is 3.61. The Morgan fingerprint density at radius 1 is 1.50 bits per heavy atom. The van der Waals surface area contributed by atoms with Gasteiger partial charge in [-0.2, -0.15) is 0 Å². The maximum Gasteiger partial charge on any atom is 0.128 e. The molecular formula is C12H18FNOS. The molecule has 0 radical (unpaired) electrons. The summed E-state index contributed by atoms with van der Waals surface area (Å²) in [6, 6.07) is 5.07. The van der Waals surface area contributed by atoms with Gasteiger partial charge in [-0.25, -0.2) is 4.39 Å². The lowest BCUT2D eigenvalue weighted by atomic mass is 10.2. The van der Waals surface area contributed by atoms with E-state index >= 15 is 0 Å². The average Bonchev–Trinajstić information content (AvgIpc) is 2.28. The van der Waals surface area contributed by atoms with Crippen LogP contribution in [0.3, 0.4) is 0 Å². The lowest BCUT2D eigenvalue weighted by Crippen LogP contribution is -2.14. The van der Waals surface area contributed by atoms with Gasteiger partial charge in [-0.3, -0.25) is 0 Å². The molecule has 0 aliphatic heterocycles. The van der Waals surface area contributed by atoms with E-state index in [1.807, 2.05) is 19.9 Å². The summed E-state index contributed by atoms with van der Waals surface area (Å²) in [5, 5.41) is 12.2. The Hall–Kier alpha value is -0.580. The van der Waals surface area contributed by atoms with Crippen LogP contribution < -0.4 is 5.32 Å². The fraction of sp³-hybridized carbons (Fsp3) is 0.500. The lowest BCUT2D eigenvalue weighted by Gasteiger charge is -2.13. The zero-order chi connectivity index (χ0) is 12.0. The van der Waals surface area contributed by atoms with E-state index < -0.39 is 0 Å². The van der Waals surface area contributed by atoms with Crippen molar-refractivity contribution in [2.45, 2.75) is 30.5 Å². The zero-order valence-electron chi connectivity index (χ0n) is 9.66. The lowest BCUT2D eigenvalue weighted by molar-refractivity contribution is 0.300. The summed E-state index contributed by atoms with van der Waals surface area (Å²) in [6.07, 6.45) is 0. The molecule has 0 saturated heterocycles. The highest BCUT2D eigenvalue weighted by atomic mass is 32.2. The van der Waals surface area contributed by atoms with Crippen molar-refractivity contribution >= 4 is 11.8 Å². The number of hydrogen-bond donors (Lipinski definition) is 2. The molecule has 90 valence electrons. The first-order chi connectivity index (χ1) is 7.69. The predicted molar refractivity (Wildman–Crippen MR) is 66.2 cm³/mol. The first kappa shape index (κ1) is 13.5. The van der Waals surface area contributed by atoms with Gasteiger partial charge in [0.2, 0.25) is 0 Å². The molecule has 0 heterocycles. The number of halogens is 1. The van der Waals surface area contributed by atoms with Crippen molar-refractivity contribution < 1.29 is 9.50 Å². The van der Waals surface area contributed by atoms with Crippen LogP contribution in [0, 0.1) is 5.82 Å². The highest BCUT2D eigenvalue weighted by molar-refractivity contribution is 8.00. The highest BCUT2D eigenvalue weighted by Crippen LogP contribution is 2.28. The van der Waals surface area contributed by atoms with Gasteiger partial charge in [0, 0.05) is 22.3 Å². The molecule has 1 unspecified atom stereocenters. The van der Waals surface area contributed by atoms with Crippen LogP contribution in [0.15, 0.2) is 23.1 Å². The number of nitrogens with one attached hydrogen (secondary N) is 1. The number of benzene rings is 1. The van der Waals surface area contributed by atoms with E-state index in [1.165, 1.54) is 17.8 Å². The molecule has 0 aliphatic carbocycles. The molecule has 0 aliphatic rings. The number of aliphatic hydroxyl groups excluding tert-OH is 1. The minimum absolute atomic E-state index is 0.0853. The normalized spacial score (nSPS) is 12.8. The Labute approximate surface area is 100 Å². The molecule has 1 atom stereocenters. The molecule has 2 nitrogen and oxygen atoms in total. The fourth-order valence-corrected chi connectivity index (χ4v) is 2.30. The second kappa shape index (κ2) is 6.89. The third-order valence-electron chi connectivity index (χ3n) is 2.21. The van der Waals surface area contributed by atoms with Crippen LogP contribution in [0.5, 0.6) is 0 Å². The van der Waals surface area contributed by atoms with Crippen molar-refractivity contribution in [1.82, 2.24) is 5.32 Å². The Bertz CT molecular complexity index is 333. The first-order valence-electron chi connectivity index (χ1n) is 5.44. The maximum atomic E-state index is 13.6. The smallest absolute Gasteiger partial charge is 0.128 e. The van der Waals surface area contributed by atoms with Crippen molar-refractivity contribution in [1.29, 1.82) is 0 Å². The minimum Gasteiger partial charge on any atom is -0.395 e. The Morgan fingerprint density at radius 3 is 2.88 bits per heavy atom. The molecule has 0 saturated carbocycles. The van der Waals surface area contributed by atoms with Crippen molar-refractivity contribution in [3.63, 3.8) is 0 Å². The van der Waals surface area contributed by atoms with Crippen molar-refractivity contribution in [3.8, 4) is 0 Å². The molecule has 0 fully saturated rings. The largest absolute Gasteiger partial charge is 0.395 e. The molecule has 0 spiro atoms. The molecule has 1 aromatic carbocycles. The molecule has 0 aromatic heterocycles. The molecule has 1 rings (SSSR count). The first-order valence-corrected chi connectivity index (χ1v) is 6.32. The summed E-state index contributed by atoms with van der Waals surface area (Å²) in [5.74, 6) is -0.184. The summed E-state index contributed by atoms with van der Waals surface area (Å²) in [6.45, 7) is 5.36. The standard InChI is InChI=1S/C12H18FNOS/c1-3-14-7-10-11(13)5-4-6-12(10)16-9(2)8-15/h4-6,9,14-15H,3,7-8H2,1-2H3. The van der Waals surface area contributed by atoms with Crippen LogP contribution in [-0.4, -0.2) is 23.5 Å². The SMILES string of the molecule is CCNCc1c(F)cccc1SC(C)CO. The van der Waals surface area contributed by atoms with Crippen molar-refractivity contribution in [2.75, 3.05) is 13.2 Å². The summed E-state index contributed by atoms with van der Waals surface area (Å²) in [7, 11) is 0. The van der Waals surface area contributed by atoms with Gasteiger partial charge < -0.3 is 10.4 Å². The Kier molecular flexibility index (Phi) is 5.80. The third-order valence-corrected chi connectivity index (χ3v) is 3.40. The van der Waals surface area contributed by atoms with Crippen molar-refractivity contribution in [2.24, 2.45) is 0 Å². The van der Waals surface area contributed by atoms with Gasteiger partial charge in [-0.15, -0.1) is 11.8 Å². The van der Waals surface area contributed by atoms with E-state index in [9.17, 15) is 4.39 Å². The van der Waals surface area contributed by atoms with E-state index in [2.05, 4.69) is 5.32 Å². The maximum absolute atomic E-state index is 13.6. The van der Waals surface area contributed by atoms with Crippen molar-refractivity contribution in [3.05, 3.63) is 29.6 Å². The summed E-state index contributed by atoms with van der Waals surface area (Å²) in [4.78, 5) is 0.905. The second-order valence-corrected chi connectivity index (χ2v) is 5.09.